The Bertz CT molecular complexity index is 831. The minimum absolute atomic E-state index is 0.00134. The molecule has 0 radical (unpaired) electrons. The lowest BCUT2D eigenvalue weighted by molar-refractivity contribution is 0.101. The van der Waals surface area contributed by atoms with Crippen LogP contribution in [0.15, 0.2) is 42.5 Å². The van der Waals surface area contributed by atoms with Gasteiger partial charge in [0.2, 0.25) is 0 Å². The average Bonchev–Trinajstić information content (AvgIpc) is 2.95. The van der Waals surface area contributed by atoms with E-state index < -0.39 is 0 Å². The van der Waals surface area contributed by atoms with Gasteiger partial charge in [-0.15, -0.1) is 11.3 Å². The zero-order chi connectivity index (χ0) is 15.5. The summed E-state index contributed by atoms with van der Waals surface area (Å²) in [5.41, 5.74) is 2.58. The first-order valence-corrected chi connectivity index (χ1v) is 7.71. The fourth-order valence-electron chi connectivity index (χ4n) is 2.23. The van der Waals surface area contributed by atoms with Crippen molar-refractivity contribution in [1.29, 1.82) is 0 Å². The zero-order valence-electron chi connectivity index (χ0n) is 12.4. The van der Waals surface area contributed by atoms with Crippen molar-refractivity contribution in [3.8, 4) is 5.75 Å². The summed E-state index contributed by atoms with van der Waals surface area (Å²) in [6, 6.07) is 13.6. The van der Waals surface area contributed by atoms with Crippen molar-refractivity contribution in [3.63, 3.8) is 0 Å². The summed E-state index contributed by atoms with van der Waals surface area (Å²) in [6.07, 6.45) is 3.96. The van der Waals surface area contributed by atoms with Gasteiger partial charge >= 0.3 is 0 Å². The minimum atomic E-state index is -0.00134. The van der Waals surface area contributed by atoms with Gasteiger partial charge in [-0.25, -0.2) is 4.98 Å². The molecule has 0 bridgehead atoms. The molecule has 0 aliphatic carbocycles. The average molecular weight is 309 g/mol. The van der Waals surface area contributed by atoms with Gasteiger partial charge in [-0.3, -0.25) is 4.79 Å². The smallest absolute Gasteiger partial charge is 0.163 e. The molecule has 2 aromatic carbocycles. The monoisotopic (exact) mass is 309 g/mol. The van der Waals surface area contributed by atoms with E-state index in [1.165, 1.54) is 11.6 Å². The van der Waals surface area contributed by atoms with Crippen LogP contribution in [0.2, 0.25) is 0 Å². The number of methoxy groups -OCH3 is 1. The molecule has 0 aliphatic rings. The van der Waals surface area contributed by atoms with Gasteiger partial charge < -0.3 is 4.74 Å². The van der Waals surface area contributed by atoms with Crippen LogP contribution in [0.25, 0.3) is 22.4 Å². The number of benzene rings is 2. The Kier molecular flexibility index (Phi) is 4.02. The lowest BCUT2D eigenvalue weighted by Crippen LogP contribution is -1.97. The third-order valence-electron chi connectivity index (χ3n) is 3.33. The summed E-state index contributed by atoms with van der Waals surface area (Å²) in [5.74, 6) is 0.595. The Balaban J connectivity index is 1.90. The van der Waals surface area contributed by atoms with Crippen molar-refractivity contribution in [1.82, 2.24) is 4.98 Å². The number of hydrogen-bond acceptors (Lipinski definition) is 4. The second-order valence-corrected chi connectivity index (χ2v) is 5.93. The van der Waals surface area contributed by atoms with Crippen LogP contribution in [-0.4, -0.2) is 17.9 Å². The first-order chi connectivity index (χ1) is 10.7. The topological polar surface area (TPSA) is 39.2 Å². The van der Waals surface area contributed by atoms with Crippen LogP contribution < -0.4 is 4.74 Å². The van der Waals surface area contributed by atoms with Gasteiger partial charge in [0, 0.05) is 0 Å². The van der Waals surface area contributed by atoms with E-state index in [1.807, 2.05) is 42.5 Å². The van der Waals surface area contributed by atoms with Crippen LogP contribution in [0.3, 0.4) is 0 Å². The zero-order valence-corrected chi connectivity index (χ0v) is 13.2. The molecule has 22 heavy (non-hydrogen) atoms. The Labute approximate surface area is 132 Å². The Morgan fingerprint density at radius 2 is 2.00 bits per heavy atom. The first kappa shape index (κ1) is 14.5. The van der Waals surface area contributed by atoms with E-state index in [0.29, 0.717) is 11.3 Å². The van der Waals surface area contributed by atoms with Crippen molar-refractivity contribution < 1.29 is 9.53 Å². The normalized spacial score (nSPS) is 11.2. The molecule has 3 aromatic rings. The van der Waals surface area contributed by atoms with E-state index in [1.54, 1.807) is 24.5 Å². The number of rotatable bonds is 4. The summed E-state index contributed by atoms with van der Waals surface area (Å²) < 4.78 is 6.45. The Morgan fingerprint density at radius 3 is 2.73 bits per heavy atom. The summed E-state index contributed by atoms with van der Waals surface area (Å²) >= 11 is 1.65. The molecular formula is C18H15NO2S. The van der Waals surface area contributed by atoms with Crippen LogP contribution in [-0.2, 0) is 0 Å². The van der Waals surface area contributed by atoms with Gasteiger partial charge in [-0.1, -0.05) is 24.3 Å². The van der Waals surface area contributed by atoms with Gasteiger partial charge in [-0.2, -0.15) is 0 Å². The van der Waals surface area contributed by atoms with Crippen molar-refractivity contribution in [3.05, 3.63) is 58.6 Å². The quantitative estimate of drug-likeness (QED) is 0.657. The molecule has 110 valence electrons. The number of ether oxygens (including phenoxy) is 1. The maximum Gasteiger partial charge on any atom is 0.163 e. The van der Waals surface area contributed by atoms with Gasteiger partial charge in [0.15, 0.2) is 5.78 Å². The van der Waals surface area contributed by atoms with Crippen LogP contribution in [0, 0.1) is 0 Å². The number of carbonyl (C=O) groups excluding carboxylic acids is 1. The number of aromatic nitrogens is 1. The number of carbonyl (C=O) groups is 1. The lowest BCUT2D eigenvalue weighted by Gasteiger charge is -2.06. The number of nitrogens with zero attached hydrogens (tertiary/aromatic N) is 1. The van der Waals surface area contributed by atoms with E-state index in [0.717, 1.165) is 16.1 Å². The standard InChI is InChI=1S/C18H15NO2S/c1-12(20)14-9-7-13(11-16(14)21-2)8-10-18-19-15-5-3-4-6-17(15)22-18/h3-11H,1-2H3/b10-8+. The molecule has 0 saturated carbocycles. The van der Waals surface area contributed by atoms with Gasteiger partial charge in [0.1, 0.15) is 10.8 Å². The SMILES string of the molecule is COc1cc(/C=C/c2nc3ccccc3s2)ccc1C(C)=O. The van der Waals surface area contributed by atoms with Crippen molar-refractivity contribution in [2.24, 2.45) is 0 Å². The molecule has 0 aliphatic heterocycles. The summed E-state index contributed by atoms with van der Waals surface area (Å²) in [4.78, 5) is 16.1. The van der Waals surface area contributed by atoms with Gasteiger partial charge in [0.05, 0.1) is 22.9 Å². The third kappa shape index (κ3) is 2.92. The van der Waals surface area contributed by atoms with Crippen LogP contribution >= 0.6 is 11.3 Å². The summed E-state index contributed by atoms with van der Waals surface area (Å²) in [7, 11) is 1.57. The molecule has 0 spiro atoms. The highest BCUT2D eigenvalue weighted by Crippen LogP contribution is 2.25. The molecule has 0 fully saturated rings. The molecule has 0 unspecified atom stereocenters. The van der Waals surface area contributed by atoms with E-state index in [2.05, 4.69) is 11.1 Å². The molecule has 0 atom stereocenters. The summed E-state index contributed by atoms with van der Waals surface area (Å²) in [5, 5.41) is 0.954. The number of ketones is 1. The molecule has 1 heterocycles. The molecule has 1 aromatic heterocycles. The Morgan fingerprint density at radius 1 is 1.18 bits per heavy atom. The fraction of sp³-hybridized carbons (Fsp3) is 0.111. The number of fused-ring (bicyclic) bond motifs is 1. The molecule has 3 nitrogen and oxygen atoms in total. The van der Waals surface area contributed by atoms with Crippen LogP contribution in [0.5, 0.6) is 5.75 Å². The first-order valence-electron chi connectivity index (χ1n) is 6.90. The molecule has 0 saturated heterocycles. The third-order valence-corrected chi connectivity index (χ3v) is 4.34. The van der Waals surface area contributed by atoms with E-state index in [-0.39, 0.29) is 5.78 Å². The maximum absolute atomic E-state index is 11.5. The predicted molar refractivity (Wildman–Crippen MR) is 91.5 cm³/mol. The molecule has 0 N–H and O–H groups in total. The lowest BCUT2D eigenvalue weighted by atomic mass is 10.1. The molecule has 0 amide bonds. The number of hydrogen-bond donors (Lipinski definition) is 0. The van der Waals surface area contributed by atoms with E-state index >= 15 is 0 Å². The van der Waals surface area contributed by atoms with Gasteiger partial charge in [0.25, 0.3) is 0 Å². The van der Waals surface area contributed by atoms with Crippen LogP contribution in [0.4, 0.5) is 0 Å². The number of Topliss-reactive ketones (excluding diaryl/α,β-unsaturated/α-hetero) is 1. The predicted octanol–water partition coefficient (Wildman–Crippen LogP) is 4.68. The van der Waals surface area contributed by atoms with Crippen molar-refractivity contribution in [2.75, 3.05) is 7.11 Å². The van der Waals surface area contributed by atoms with Crippen LogP contribution in [0.1, 0.15) is 27.9 Å². The largest absolute Gasteiger partial charge is 0.496 e. The highest BCUT2D eigenvalue weighted by molar-refractivity contribution is 7.19. The van der Waals surface area contributed by atoms with Crippen molar-refractivity contribution in [2.45, 2.75) is 6.92 Å². The molecular weight excluding hydrogens is 294 g/mol. The van der Waals surface area contributed by atoms with Gasteiger partial charge in [-0.05, 0) is 42.8 Å². The maximum atomic E-state index is 11.5. The number of para-hydroxylation sites is 1. The van der Waals surface area contributed by atoms with E-state index in [9.17, 15) is 4.79 Å². The number of thiazole rings is 1. The van der Waals surface area contributed by atoms with Crippen molar-refractivity contribution >= 4 is 39.5 Å². The Hall–Kier alpha value is -2.46. The molecule has 4 heteroatoms. The van der Waals surface area contributed by atoms with E-state index in [4.69, 9.17) is 4.74 Å². The fourth-order valence-corrected chi connectivity index (χ4v) is 3.10. The highest BCUT2D eigenvalue weighted by Gasteiger charge is 2.07. The highest BCUT2D eigenvalue weighted by atomic mass is 32.1. The second kappa shape index (κ2) is 6.12. The molecule has 3 rings (SSSR count). The minimum Gasteiger partial charge on any atom is -0.496 e. The second-order valence-electron chi connectivity index (χ2n) is 4.87. The summed E-state index contributed by atoms with van der Waals surface area (Å²) in [6.45, 7) is 1.54.